The van der Waals surface area contributed by atoms with E-state index in [1.54, 1.807) is 0 Å². The van der Waals surface area contributed by atoms with Crippen LogP contribution in [0.1, 0.15) is 35.4 Å². The predicted molar refractivity (Wildman–Crippen MR) is 95.3 cm³/mol. The zero-order valence-corrected chi connectivity index (χ0v) is 15.3. The van der Waals surface area contributed by atoms with Gasteiger partial charge in [-0.1, -0.05) is 0 Å². The van der Waals surface area contributed by atoms with Crippen molar-refractivity contribution in [2.75, 3.05) is 32.8 Å². The van der Waals surface area contributed by atoms with Gasteiger partial charge in [-0.3, -0.25) is 14.5 Å². The molecule has 2 aromatic rings. The second-order valence-corrected chi connectivity index (χ2v) is 7.05. The molecule has 2 aromatic heterocycles. The van der Waals surface area contributed by atoms with Gasteiger partial charge >= 0.3 is 0 Å². The van der Waals surface area contributed by atoms with E-state index in [-0.39, 0.29) is 0 Å². The van der Waals surface area contributed by atoms with Gasteiger partial charge in [-0.05, 0) is 26.0 Å². The topological polar surface area (TPSA) is 46.7 Å². The number of nitrogens with zero attached hydrogens (tertiary/aromatic N) is 4. The van der Waals surface area contributed by atoms with Gasteiger partial charge in [-0.15, -0.1) is 0 Å². The maximum atomic E-state index is 5.70. The van der Waals surface area contributed by atoms with Crippen molar-refractivity contribution in [3.63, 3.8) is 0 Å². The van der Waals surface area contributed by atoms with E-state index in [0.717, 1.165) is 77.0 Å². The third-order valence-corrected chi connectivity index (χ3v) is 5.29. The number of hydrogen-bond acceptors (Lipinski definition) is 5. The summed E-state index contributed by atoms with van der Waals surface area (Å²) in [5, 5.41) is 4.86. The standard InChI is InChI=1S/C19H28N4O2/c1-3-23-19-6-11-24-14-17(19)18(20-23)13-22-9-7-21(8-10-22)12-16-5-4-15(2)25-16/h4-5H,3,6-14H2,1-2H3. The number of ether oxygens (including phenoxy) is 1. The molecule has 6 heteroatoms. The third kappa shape index (κ3) is 3.66. The molecule has 2 aliphatic heterocycles. The predicted octanol–water partition coefficient (Wildman–Crippen LogP) is 2.19. The molecule has 0 atom stereocenters. The average Bonchev–Trinajstić information content (AvgIpc) is 3.20. The molecule has 4 rings (SSSR count). The highest BCUT2D eigenvalue weighted by molar-refractivity contribution is 5.27. The van der Waals surface area contributed by atoms with Crippen molar-refractivity contribution in [1.29, 1.82) is 0 Å². The molecule has 4 heterocycles. The number of aromatic nitrogens is 2. The van der Waals surface area contributed by atoms with Crippen molar-refractivity contribution in [3.05, 3.63) is 40.6 Å². The minimum Gasteiger partial charge on any atom is -0.465 e. The first kappa shape index (κ1) is 16.8. The van der Waals surface area contributed by atoms with Gasteiger partial charge in [0.25, 0.3) is 0 Å². The maximum Gasteiger partial charge on any atom is 0.118 e. The van der Waals surface area contributed by atoms with Gasteiger partial charge in [0.2, 0.25) is 0 Å². The van der Waals surface area contributed by atoms with Gasteiger partial charge in [-0.25, -0.2) is 0 Å². The molecule has 1 saturated heterocycles. The number of furan rings is 1. The summed E-state index contributed by atoms with van der Waals surface area (Å²) in [6.07, 6.45) is 0.993. The molecule has 0 saturated carbocycles. The van der Waals surface area contributed by atoms with Crippen molar-refractivity contribution < 1.29 is 9.15 Å². The van der Waals surface area contributed by atoms with E-state index in [1.807, 2.05) is 13.0 Å². The second kappa shape index (κ2) is 7.32. The molecule has 136 valence electrons. The van der Waals surface area contributed by atoms with Crippen LogP contribution in [-0.2, 0) is 37.4 Å². The minimum atomic E-state index is 0.725. The monoisotopic (exact) mass is 344 g/mol. The molecule has 2 aliphatic rings. The fraction of sp³-hybridized carbons (Fsp3) is 0.632. The highest BCUT2D eigenvalue weighted by Crippen LogP contribution is 2.23. The Morgan fingerprint density at radius 2 is 1.84 bits per heavy atom. The van der Waals surface area contributed by atoms with E-state index in [1.165, 1.54) is 17.0 Å². The van der Waals surface area contributed by atoms with Crippen LogP contribution in [0.15, 0.2) is 16.5 Å². The lowest BCUT2D eigenvalue weighted by Gasteiger charge is -2.34. The van der Waals surface area contributed by atoms with Crippen LogP contribution in [0.5, 0.6) is 0 Å². The summed E-state index contributed by atoms with van der Waals surface area (Å²) in [4.78, 5) is 4.99. The molecule has 0 N–H and O–H groups in total. The van der Waals surface area contributed by atoms with Crippen molar-refractivity contribution in [2.24, 2.45) is 0 Å². The van der Waals surface area contributed by atoms with E-state index < -0.39 is 0 Å². The minimum absolute atomic E-state index is 0.725. The molecule has 0 amide bonds. The zero-order chi connectivity index (χ0) is 17.2. The first-order valence-corrected chi connectivity index (χ1v) is 9.38. The first-order valence-electron chi connectivity index (χ1n) is 9.38. The molecule has 0 aliphatic carbocycles. The van der Waals surface area contributed by atoms with Crippen LogP contribution in [0.25, 0.3) is 0 Å². The number of rotatable bonds is 5. The van der Waals surface area contributed by atoms with Gasteiger partial charge in [0.15, 0.2) is 0 Å². The lowest BCUT2D eigenvalue weighted by molar-refractivity contribution is 0.103. The molecule has 0 unspecified atom stereocenters. The van der Waals surface area contributed by atoms with Gasteiger partial charge in [0.05, 0.1) is 25.5 Å². The van der Waals surface area contributed by atoms with Crippen LogP contribution in [0.3, 0.4) is 0 Å². The summed E-state index contributed by atoms with van der Waals surface area (Å²) in [6.45, 7) is 12.8. The smallest absolute Gasteiger partial charge is 0.118 e. The van der Waals surface area contributed by atoms with Crippen molar-refractivity contribution in [1.82, 2.24) is 19.6 Å². The molecular formula is C19H28N4O2. The van der Waals surface area contributed by atoms with Crippen molar-refractivity contribution in [3.8, 4) is 0 Å². The quantitative estimate of drug-likeness (QED) is 0.832. The molecule has 0 spiro atoms. The fourth-order valence-electron chi connectivity index (χ4n) is 3.87. The van der Waals surface area contributed by atoms with E-state index >= 15 is 0 Å². The van der Waals surface area contributed by atoms with E-state index in [0.29, 0.717) is 0 Å². The SMILES string of the molecule is CCn1nc(CN2CCN(Cc3ccc(C)o3)CC2)c2c1CCOC2. The Kier molecular flexibility index (Phi) is 4.92. The second-order valence-electron chi connectivity index (χ2n) is 7.05. The number of hydrogen-bond donors (Lipinski definition) is 0. The van der Waals surface area contributed by atoms with Crippen LogP contribution in [0.4, 0.5) is 0 Å². The van der Waals surface area contributed by atoms with Crippen LogP contribution >= 0.6 is 0 Å². The van der Waals surface area contributed by atoms with E-state index in [4.69, 9.17) is 14.3 Å². The van der Waals surface area contributed by atoms with Gasteiger partial charge < -0.3 is 9.15 Å². The average molecular weight is 344 g/mol. The lowest BCUT2D eigenvalue weighted by Crippen LogP contribution is -2.45. The number of aryl methyl sites for hydroxylation is 2. The molecule has 1 fully saturated rings. The Morgan fingerprint density at radius 1 is 1.08 bits per heavy atom. The molecule has 25 heavy (non-hydrogen) atoms. The summed E-state index contributed by atoms with van der Waals surface area (Å²) in [5.74, 6) is 2.06. The lowest BCUT2D eigenvalue weighted by atomic mass is 10.1. The van der Waals surface area contributed by atoms with Crippen LogP contribution in [-0.4, -0.2) is 52.4 Å². The normalized spacial score (nSPS) is 19.3. The van der Waals surface area contributed by atoms with Crippen molar-refractivity contribution >= 4 is 0 Å². The Balaban J connectivity index is 1.35. The van der Waals surface area contributed by atoms with Gasteiger partial charge in [0, 0.05) is 56.9 Å². The summed E-state index contributed by atoms with van der Waals surface area (Å²) in [6, 6.07) is 4.13. The highest BCUT2D eigenvalue weighted by Gasteiger charge is 2.24. The van der Waals surface area contributed by atoms with E-state index in [2.05, 4.69) is 27.5 Å². The zero-order valence-electron chi connectivity index (χ0n) is 15.3. The van der Waals surface area contributed by atoms with Crippen LogP contribution in [0.2, 0.25) is 0 Å². The van der Waals surface area contributed by atoms with E-state index in [9.17, 15) is 0 Å². The van der Waals surface area contributed by atoms with Gasteiger partial charge in [0.1, 0.15) is 11.5 Å². The van der Waals surface area contributed by atoms with Gasteiger partial charge in [-0.2, -0.15) is 5.10 Å². The van der Waals surface area contributed by atoms with Crippen LogP contribution in [0, 0.1) is 6.92 Å². The Labute approximate surface area is 149 Å². The summed E-state index contributed by atoms with van der Waals surface area (Å²) in [7, 11) is 0. The molecule has 0 bridgehead atoms. The molecule has 0 radical (unpaired) electrons. The molecule has 0 aromatic carbocycles. The first-order chi connectivity index (χ1) is 12.2. The van der Waals surface area contributed by atoms with Crippen molar-refractivity contribution in [2.45, 2.75) is 46.5 Å². The maximum absolute atomic E-state index is 5.70. The Bertz CT molecular complexity index is 713. The largest absolute Gasteiger partial charge is 0.465 e. The van der Waals surface area contributed by atoms with Crippen LogP contribution < -0.4 is 0 Å². The Hall–Kier alpha value is -1.63. The Morgan fingerprint density at radius 3 is 2.52 bits per heavy atom. The number of piperazine rings is 1. The summed E-state index contributed by atoms with van der Waals surface area (Å²) in [5.41, 5.74) is 3.93. The molecular weight excluding hydrogens is 316 g/mol. The fourth-order valence-corrected chi connectivity index (χ4v) is 3.87. The third-order valence-electron chi connectivity index (χ3n) is 5.29. The number of fused-ring (bicyclic) bond motifs is 1. The highest BCUT2D eigenvalue weighted by atomic mass is 16.5. The summed E-state index contributed by atoms with van der Waals surface area (Å²) >= 11 is 0. The molecule has 6 nitrogen and oxygen atoms in total. The summed E-state index contributed by atoms with van der Waals surface area (Å²) < 4.78 is 13.6.